The van der Waals surface area contributed by atoms with Gasteiger partial charge in [-0.15, -0.1) is 12.4 Å². The summed E-state index contributed by atoms with van der Waals surface area (Å²) in [7, 11) is -3.46. The molecule has 1 atom stereocenters. The Morgan fingerprint density at radius 1 is 1.27 bits per heavy atom. The molecule has 0 bridgehead atoms. The van der Waals surface area contributed by atoms with Gasteiger partial charge >= 0.3 is 0 Å². The van der Waals surface area contributed by atoms with Gasteiger partial charge in [-0.1, -0.05) is 31.9 Å². The molecular weight excluding hydrogens is 374 g/mol. The summed E-state index contributed by atoms with van der Waals surface area (Å²) in [6.45, 7) is 5.10. The third-order valence-electron chi connectivity index (χ3n) is 4.59. The average molecular weight is 404 g/mol. The molecule has 0 aliphatic carbocycles. The fourth-order valence-electron chi connectivity index (χ4n) is 3.09. The SMILES string of the molecule is CCCC(C)(N)C(=O)NCc1cccc(S(=O)(=O)N2CCCCC2)c1.Cl. The molecule has 1 saturated heterocycles. The van der Waals surface area contributed by atoms with Crippen LogP contribution in [0.3, 0.4) is 0 Å². The van der Waals surface area contributed by atoms with Gasteiger partial charge in [0, 0.05) is 19.6 Å². The van der Waals surface area contributed by atoms with Crippen LogP contribution < -0.4 is 11.1 Å². The topological polar surface area (TPSA) is 92.5 Å². The minimum atomic E-state index is -3.46. The van der Waals surface area contributed by atoms with Crippen LogP contribution in [0.1, 0.15) is 51.5 Å². The Morgan fingerprint density at radius 2 is 1.92 bits per heavy atom. The average Bonchev–Trinajstić information content (AvgIpc) is 2.60. The summed E-state index contributed by atoms with van der Waals surface area (Å²) < 4.78 is 27.0. The van der Waals surface area contributed by atoms with Crippen LogP contribution in [0, 0.1) is 0 Å². The molecule has 1 aliphatic rings. The van der Waals surface area contributed by atoms with Crippen molar-refractivity contribution in [1.82, 2.24) is 9.62 Å². The van der Waals surface area contributed by atoms with Gasteiger partial charge in [-0.05, 0) is 43.9 Å². The largest absolute Gasteiger partial charge is 0.350 e. The number of halogens is 1. The Labute approximate surface area is 163 Å². The van der Waals surface area contributed by atoms with Crippen LogP contribution in [-0.2, 0) is 21.4 Å². The molecule has 26 heavy (non-hydrogen) atoms. The number of nitrogens with zero attached hydrogens (tertiary/aromatic N) is 1. The molecular formula is C18H30ClN3O3S. The second-order valence-corrected chi connectivity index (χ2v) is 8.90. The summed E-state index contributed by atoms with van der Waals surface area (Å²) in [5.74, 6) is -0.223. The van der Waals surface area contributed by atoms with Crippen LogP contribution >= 0.6 is 12.4 Å². The van der Waals surface area contributed by atoms with Gasteiger partial charge < -0.3 is 11.1 Å². The number of nitrogens with two attached hydrogens (primary N) is 1. The van der Waals surface area contributed by atoms with Crippen molar-refractivity contribution < 1.29 is 13.2 Å². The summed E-state index contributed by atoms with van der Waals surface area (Å²) in [4.78, 5) is 12.5. The number of nitrogens with one attached hydrogen (secondary N) is 1. The molecule has 1 aromatic carbocycles. The molecule has 148 valence electrons. The molecule has 8 heteroatoms. The van der Waals surface area contributed by atoms with Crippen molar-refractivity contribution in [2.24, 2.45) is 5.73 Å². The summed E-state index contributed by atoms with van der Waals surface area (Å²) in [5, 5.41) is 2.81. The zero-order chi connectivity index (χ0) is 18.5. The third-order valence-corrected chi connectivity index (χ3v) is 6.49. The highest BCUT2D eigenvalue weighted by atomic mass is 35.5. The number of hydrogen-bond acceptors (Lipinski definition) is 4. The summed E-state index contributed by atoms with van der Waals surface area (Å²) >= 11 is 0. The van der Waals surface area contributed by atoms with Gasteiger partial charge in [0.15, 0.2) is 0 Å². The highest BCUT2D eigenvalue weighted by Crippen LogP contribution is 2.21. The van der Waals surface area contributed by atoms with E-state index in [2.05, 4.69) is 5.32 Å². The smallest absolute Gasteiger partial charge is 0.243 e. The van der Waals surface area contributed by atoms with Crippen molar-refractivity contribution in [1.29, 1.82) is 0 Å². The molecule has 1 heterocycles. The standard InChI is InChI=1S/C18H29N3O3S.ClH/c1-3-10-18(2,19)17(22)20-14-15-8-7-9-16(13-15)25(23,24)21-11-5-4-6-12-21;/h7-9,13H,3-6,10-12,14,19H2,1-2H3,(H,20,22);1H. The lowest BCUT2D eigenvalue weighted by molar-refractivity contribution is -0.126. The number of rotatable bonds is 7. The predicted molar refractivity (Wildman–Crippen MR) is 106 cm³/mol. The maximum Gasteiger partial charge on any atom is 0.243 e. The molecule has 0 aromatic heterocycles. The van der Waals surface area contributed by atoms with Crippen molar-refractivity contribution in [2.45, 2.75) is 62.9 Å². The van der Waals surface area contributed by atoms with E-state index in [0.29, 0.717) is 19.5 Å². The van der Waals surface area contributed by atoms with Crippen molar-refractivity contribution >= 4 is 28.3 Å². The lowest BCUT2D eigenvalue weighted by Gasteiger charge is -2.26. The first kappa shape index (κ1) is 22.9. The first-order valence-electron chi connectivity index (χ1n) is 8.93. The van der Waals surface area contributed by atoms with Crippen LogP contribution in [0.25, 0.3) is 0 Å². The van der Waals surface area contributed by atoms with E-state index in [0.717, 1.165) is 31.2 Å². The van der Waals surface area contributed by atoms with Crippen LogP contribution in [0.5, 0.6) is 0 Å². The van der Waals surface area contributed by atoms with Crippen LogP contribution in [0.15, 0.2) is 29.2 Å². The second kappa shape index (κ2) is 9.69. The number of carbonyl (C=O) groups is 1. The summed E-state index contributed by atoms with van der Waals surface area (Å²) in [6, 6.07) is 6.77. The van der Waals surface area contributed by atoms with Gasteiger partial charge in [-0.2, -0.15) is 4.31 Å². The molecule has 6 nitrogen and oxygen atoms in total. The lowest BCUT2D eigenvalue weighted by atomic mass is 9.96. The Morgan fingerprint density at radius 3 is 2.54 bits per heavy atom. The van der Waals surface area contributed by atoms with Crippen LogP contribution in [-0.4, -0.2) is 37.3 Å². The van der Waals surface area contributed by atoms with Gasteiger partial charge in [0.1, 0.15) is 0 Å². The van der Waals surface area contributed by atoms with Gasteiger partial charge in [-0.25, -0.2) is 8.42 Å². The summed E-state index contributed by atoms with van der Waals surface area (Å²) in [5.41, 5.74) is 5.86. The van der Waals surface area contributed by atoms with Gasteiger partial charge in [0.25, 0.3) is 0 Å². The fourth-order valence-corrected chi connectivity index (χ4v) is 4.68. The Kier molecular flexibility index (Phi) is 8.53. The first-order chi connectivity index (χ1) is 11.8. The zero-order valence-corrected chi connectivity index (χ0v) is 17.2. The summed E-state index contributed by atoms with van der Waals surface area (Å²) in [6.07, 6.45) is 4.31. The third kappa shape index (κ3) is 5.67. The number of carbonyl (C=O) groups excluding carboxylic acids is 1. The number of piperidine rings is 1. The minimum absolute atomic E-state index is 0. The van der Waals surface area contributed by atoms with E-state index in [1.54, 1.807) is 29.4 Å². The van der Waals surface area contributed by atoms with Crippen molar-refractivity contribution in [3.05, 3.63) is 29.8 Å². The van der Waals surface area contributed by atoms with E-state index in [-0.39, 0.29) is 29.8 Å². The maximum atomic E-state index is 12.7. The lowest BCUT2D eigenvalue weighted by Crippen LogP contribution is -2.51. The highest BCUT2D eigenvalue weighted by Gasteiger charge is 2.28. The van der Waals surface area contributed by atoms with Gasteiger partial charge in [0.2, 0.25) is 15.9 Å². The van der Waals surface area contributed by atoms with E-state index >= 15 is 0 Å². The highest BCUT2D eigenvalue weighted by molar-refractivity contribution is 7.89. The molecule has 1 aromatic rings. The molecule has 0 radical (unpaired) electrons. The van der Waals surface area contributed by atoms with E-state index in [4.69, 9.17) is 5.73 Å². The maximum absolute atomic E-state index is 12.7. The van der Waals surface area contributed by atoms with E-state index in [1.807, 2.05) is 13.0 Å². The minimum Gasteiger partial charge on any atom is -0.350 e. The molecule has 3 N–H and O–H groups in total. The number of amides is 1. The number of hydrogen-bond donors (Lipinski definition) is 2. The van der Waals surface area contributed by atoms with E-state index in [9.17, 15) is 13.2 Å². The quantitative estimate of drug-likeness (QED) is 0.731. The molecule has 1 aliphatic heterocycles. The van der Waals surface area contributed by atoms with E-state index in [1.165, 1.54) is 0 Å². The first-order valence-corrected chi connectivity index (χ1v) is 10.4. The van der Waals surface area contributed by atoms with Crippen molar-refractivity contribution in [3.63, 3.8) is 0 Å². The predicted octanol–water partition coefficient (Wildman–Crippen LogP) is 2.42. The number of benzene rings is 1. The van der Waals surface area contributed by atoms with Gasteiger partial charge in [-0.3, -0.25) is 4.79 Å². The second-order valence-electron chi connectivity index (χ2n) is 6.96. The Bertz CT molecular complexity index is 701. The fraction of sp³-hybridized carbons (Fsp3) is 0.611. The van der Waals surface area contributed by atoms with Crippen LogP contribution in [0.2, 0.25) is 0 Å². The number of sulfonamides is 1. The van der Waals surface area contributed by atoms with E-state index < -0.39 is 15.6 Å². The van der Waals surface area contributed by atoms with Gasteiger partial charge in [0.05, 0.1) is 10.4 Å². The normalized spacial score (nSPS) is 17.8. The molecule has 0 spiro atoms. The molecule has 2 rings (SSSR count). The molecule has 0 saturated carbocycles. The molecule has 1 fully saturated rings. The molecule has 1 amide bonds. The monoisotopic (exact) mass is 403 g/mol. The van der Waals surface area contributed by atoms with Crippen molar-refractivity contribution in [2.75, 3.05) is 13.1 Å². The molecule has 1 unspecified atom stereocenters. The van der Waals surface area contributed by atoms with Crippen molar-refractivity contribution in [3.8, 4) is 0 Å². The zero-order valence-electron chi connectivity index (χ0n) is 15.5. The Balaban J connectivity index is 0.00000338. The Hall–Kier alpha value is -1.15. The van der Waals surface area contributed by atoms with Crippen LogP contribution in [0.4, 0.5) is 0 Å².